The molecule has 0 spiro atoms. The van der Waals surface area contributed by atoms with Crippen LogP contribution in [0, 0.1) is 0 Å². The molecule has 0 radical (unpaired) electrons. The van der Waals surface area contributed by atoms with Crippen molar-refractivity contribution in [2.24, 2.45) is 0 Å². The minimum absolute atomic E-state index is 0.0177. The summed E-state index contributed by atoms with van der Waals surface area (Å²) in [4.78, 5) is 27.4. The molecule has 4 aromatic rings. The molecule has 2 aromatic carbocycles. The minimum Gasteiger partial charge on any atom is -0.461 e. The smallest absolute Gasteiger partial charge is 0.222 e. The summed E-state index contributed by atoms with van der Waals surface area (Å²) in [5.74, 6) is 2.01. The van der Waals surface area contributed by atoms with E-state index in [0.29, 0.717) is 24.6 Å². The molecule has 8 heteroatoms. The number of benzene rings is 2. The van der Waals surface area contributed by atoms with Gasteiger partial charge in [-0.15, -0.1) is 0 Å². The lowest BCUT2D eigenvalue weighted by atomic mass is 10.1. The summed E-state index contributed by atoms with van der Waals surface area (Å²) in [6.07, 6.45) is 2.95. The highest BCUT2D eigenvalue weighted by molar-refractivity contribution is 5.91. The average Bonchev–Trinajstić information content (AvgIpc) is 3.51. The van der Waals surface area contributed by atoms with Crippen LogP contribution in [0.15, 0.2) is 77.4 Å². The molecule has 0 bridgehead atoms. The van der Waals surface area contributed by atoms with Gasteiger partial charge in [-0.2, -0.15) is 0 Å². The van der Waals surface area contributed by atoms with E-state index in [2.05, 4.69) is 15.1 Å². The molecule has 1 aliphatic heterocycles. The number of carbonyl (C=O) groups excluding carboxylic acids is 1. The van der Waals surface area contributed by atoms with Gasteiger partial charge in [-0.25, -0.2) is 9.97 Å². The van der Waals surface area contributed by atoms with E-state index < -0.39 is 0 Å². The molecule has 1 amide bonds. The zero-order valence-corrected chi connectivity index (χ0v) is 21.9. The van der Waals surface area contributed by atoms with Crippen LogP contribution in [-0.2, 0) is 9.53 Å². The lowest BCUT2D eigenvalue weighted by molar-refractivity contribution is -0.121. The number of fused-ring (bicyclic) bond motifs is 1. The molecule has 1 fully saturated rings. The maximum atomic E-state index is 13.0. The largest absolute Gasteiger partial charge is 0.461 e. The van der Waals surface area contributed by atoms with Gasteiger partial charge in [0.1, 0.15) is 5.82 Å². The third-order valence-corrected chi connectivity index (χ3v) is 6.92. The summed E-state index contributed by atoms with van der Waals surface area (Å²) in [6.45, 7) is 7.80. The Hall–Kier alpha value is -3.75. The second-order valence-corrected chi connectivity index (χ2v) is 9.61. The number of hydrogen-bond acceptors (Lipinski definition) is 7. The van der Waals surface area contributed by atoms with E-state index in [4.69, 9.17) is 19.1 Å². The van der Waals surface area contributed by atoms with E-state index in [1.165, 1.54) is 0 Å². The Morgan fingerprint density at radius 1 is 1.00 bits per heavy atom. The minimum atomic E-state index is -0.0519. The molecule has 8 nitrogen and oxygen atoms in total. The molecule has 38 heavy (non-hydrogen) atoms. The van der Waals surface area contributed by atoms with Crippen molar-refractivity contribution in [3.05, 3.63) is 78.6 Å². The highest BCUT2D eigenvalue weighted by Crippen LogP contribution is 2.28. The number of nitrogens with zero attached hydrogens (tertiary/aromatic N) is 4. The molecule has 3 heterocycles. The summed E-state index contributed by atoms with van der Waals surface area (Å²) >= 11 is 0. The molecular weight excluding hydrogens is 478 g/mol. The maximum absolute atomic E-state index is 13.0. The van der Waals surface area contributed by atoms with Gasteiger partial charge in [0.25, 0.3) is 0 Å². The number of nitrogens with one attached hydrogen (secondary N) is 1. The zero-order valence-electron chi connectivity index (χ0n) is 21.9. The monoisotopic (exact) mass is 513 g/mol. The van der Waals surface area contributed by atoms with Gasteiger partial charge in [0, 0.05) is 44.5 Å². The number of anilines is 1. The molecule has 0 aliphatic carbocycles. The van der Waals surface area contributed by atoms with Gasteiger partial charge in [0.2, 0.25) is 5.91 Å². The molecule has 0 saturated carbocycles. The third kappa shape index (κ3) is 6.57. The third-order valence-electron chi connectivity index (χ3n) is 6.92. The normalized spacial score (nSPS) is 14.9. The molecule has 1 saturated heterocycles. The van der Waals surface area contributed by atoms with Gasteiger partial charge in [-0.05, 0) is 43.2 Å². The first-order valence-corrected chi connectivity index (χ1v) is 13.4. The van der Waals surface area contributed by atoms with Gasteiger partial charge in [-0.1, -0.05) is 42.5 Å². The number of furan rings is 1. The Kier molecular flexibility index (Phi) is 8.63. The molecular formula is C30H35N5O3. The fourth-order valence-corrected chi connectivity index (χ4v) is 4.83. The molecule has 1 atom stereocenters. The Morgan fingerprint density at radius 2 is 1.79 bits per heavy atom. The predicted octanol–water partition coefficient (Wildman–Crippen LogP) is 4.69. The van der Waals surface area contributed by atoms with Gasteiger partial charge in [0.15, 0.2) is 11.6 Å². The number of rotatable bonds is 11. The standard InChI is InChI=1S/C30H35N5O3/c1-23(24-9-3-2-4-10-24)31-28(36)14-17-35(16-8-15-34-18-21-37-22-19-34)30-25-11-5-6-12-26(25)32-29(33-30)27-13-7-20-38-27/h2-7,9-13,20,23H,8,14-19,21-22H2,1H3,(H,31,36)/t23-/m0/s1. The van der Waals surface area contributed by atoms with Crippen molar-refractivity contribution < 1.29 is 13.9 Å². The summed E-state index contributed by atoms with van der Waals surface area (Å²) < 4.78 is 11.1. The second-order valence-electron chi connectivity index (χ2n) is 9.61. The van der Waals surface area contributed by atoms with Crippen molar-refractivity contribution in [1.29, 1.82) is 0 Å². The van der Waals surface area contributed by atoms with Crippen LogP contribution in [0.4, 0.5) is 5.82 Å². The lowest BCUT2D eigenvalue weighted by Gasteiger charge is -2.29. The van der Waals surface area contributed by atoms with Crippen LogP contribution in [0.5, 0.6) is 0 Å². The molecule has 1 N–H and O–H groups in total. The Bertz CT molecular complexity index is 1310. The molecule has 198 valence electrons. The molecule has 0 unspecified atom stereocenters. The van der Waals surface area contributed by atoms with Crippen molar-refractivity contribution in [3.8, 4) is 11.6 Å². The number of para-hydroxylation sites is 1. The fraction of sp³-hybridized carbons (Fsp3) is 0.367. The molecule has 2 aromatic heterocycles. The van der Waals surface area contributed by atoms with E-state index in [-0.39, 0.29) is 11.9 Å². The van der Waals surface area contributed by atoms with Crippen LogP contribution in [-0.4, -0.2) is 66.7 Å². The zero-order chi connectivity index (χ0) is 26.2. The van der Waals surface area contributed by atoms with Crippen LogP contribution >= 0.6 is 0 Å². The van der Waals surface area contributed by atoms with Gasteiger partial charge in [-0.3, -0.25) is 9.69 Å². The highest BCUT2D eigenvalue weighted by Gasteiger charge is 2.19. The van der Waals surface area contributed by atoms with Crippen molar-refractivity contribution in [2.45, 2.75) is 25.8 Å². The van der Waals surface area contributed by atoms with E-state index >= 15 is 0 Å². The van der Waals surface area contributed by atoms with Crippen molar-refractivity contribution in [3.63, 3.8) is 0 Å². The summed E-state index contributed by atoms with van der Waals surface area (Å²) in [5.41, 5.74) is 1.94. The van der Waals surface area contributed by atoms with Crippen molar-refractivity contribution in [1.82, 2.24) is 20.2 Å². The van der Waals surface area contributed by atoms with Crippen LogP contribution in [0.3, 0.4) is 0 Å². The van der Waals surface area contributed by atoms with E-state index in [9.17, 15) is 4.79 Å². The van der Waals surface area contributed by atoms with Gasteiger partial charge in [0.05, 0.1) is 31.0 Å². The lowest BCUT2D eigenvalue weighted by Crippen LogP contribution is -2.39. The Morgan fingerprint density at radius 3 is 2.58 bits per heavy atom. The number of aromatic nitrogens is 2. The number of morpholine rings is 1. The van der Waals surface area contributed by atoms with Crippen LogP contribution in [0.25, 0.3) is 22.5 Å². The molecule has 5 rings (SSSR count). The predicted molar refractivity (Wildman–Crippen MR) is 149 cm³/mol. The van der Waals surface area contributed by atoms with Crippen molar-refractivity contribution >= 4 is 22.6 Å². The summed E-state index contributed by atoms with van der Waals surface area (Å²) in [6, 6.07) is 21.7. The average molecular weight is 514 g/mol. The van der Waals surface area contributed by atoms with Crippen LogP contribution in [0.1, 0.15) is 31.4 Å². The first-order chi connectivity index (χ1) is 18.7. The van der Waals surface area contributed by atoms with E-state index in [1.807, 2.05) is 73.7 Å². The van der Waals surface area contributed by atoms with Gasteiger partial charge < -0.3 is 19.4 Å². The first-order valence-electron chi connectivity index (χ1n) is 13.4. The van der Waals surface area contributed by atoms with Crippen LogP contribution in [0.2, 0.25) is 0 Å². The summed E-state index contributed by atoms with van der Waals surface area (Å²) in [5, 5.41) is 4.11. The van der Waals surface area contributed by atoms with Crippen molar-refractivity contribution in [2.75, 3.05) is 50.8 Å². The highest BCUT2D eigenvalue weighted by atomic mass is 16.5. The second kappa shape index (κ2) is 12.7. The topological polar surface area (TPSA) is 83.7 Å². The Balaban J connectivity index is 1.35. The number of amides is 1. The fourth-order valence-electron chi connectivity index (χ4n) is 4.83. The quantitative estimate of drug-likeness (QED) is 0.312. The molecule has 1 aliphatic rings. The van der Waals surface area contributed by atoms with E-state index in [1.54, 1.807) is 6.26 Å². The maximum Gasteiger partial charge on any atom is 0.222 e. The number of carbonyl (C=O) groups is 1. The number of hydrogen-bond donors (Lipinski definition) is 1. The van der Waals surface area contributed by atoms with Crippen LogP contribution < -0.4 is 10.2 Å². The number of ether oxygens (including phenoxy) is 1. The summed E-state index contributed by atoms with van der Waals surface area (Å²) in [7, 11) is 0. The van der Waals surface area contributed by atoms with E-state index in [0.717, 1.165) is 68.1 Å². The van der Waals surface area contributed by atoms with Gasteiger partial charge >= 0.3 is 0 Å². The Labute approximate surface area is 223 Å². The first kappa shape index (κ1) is 25.9. The SMILES string of the molecule is C[C@H](NC(=O)CCN(CCCN1CCOCC1)c1nc(-c2ccco2)nc2ccccc12)c1ccccc1.